The van der Waals surface area contributed by atoms with Crippen LogP contribution >= 0.6 is 0 Å². The van der Waals surface area contributed by atoms with Crippen molar-refractivity contribution in [2.24, 2.45) is 0 Å². The lowest BCUT2D eigenvalue weighted by atomic mass is 10.2. The van der Waals surface area contributed by atoms with Crippen LogP contribution in [0.2, 0.25) is 0 Å². The van der Waals surface area contributed by atoms with Gasteiger partial charge in [0.25, 0.3) is 0 Å². The van der Waals surface area contributed by atoms with Crippen molar-refractivity contribution in [2.45, 2.75) is 24.6 Å². The normalized spacial score (nSPS) is 13.9. The Labute approximate surface area is 87.8 Å². The SMILES string of the molecule is C=CCCOC(OC)(C(F)(F)F)C(F)(F)F. The maximum absolute atomic E-state index is 12.3. The zero-order valence-electron chi connectivity index (χ0n) is 8.28. The molecular weight excluding hydrogens is 242 g/mol. The molecule has 0 rings (SSSR count). The second-order valence-corrected chi connectivity index (χ2v) is 2.74. The van der Waals surface area contributed by atoms with Crippen LogP contribution in [0, 0.1) is 0 Å². The van der Waals surface area contributed by atoms with Crippen LogP contribution in [0.15, 0.2) is 12.7 Å². The minimum Gasteiger partial charge on any atom is -0.339 e. The van der Waals surface area contributed by atoms with Gasteiger partial charge in [0.05, 0.1) is 6.61 Å². The topological polar surface area (TPSA) is 18.5 Å². The zero-order valence-corrected chi connectivity index (χ0v) is 8.28. The molecule has 96 valence electrons. The number of hydrogen-bond acceptors (Lipinski definition) is 2. The Morgan fingerprint density at radius 2 is 1.50 bits per heavy atom. The smallest absolute Gasteiger partial charge is 0.339 e. The molecule has 0 N–H and O–H groups in total. The highest BCUT2D eigenvalue weighted by Crippen LogP contribution is 2.46. The average molecular weight is 252 g/mol. The Morgan fingerprint density at radius 1 is 1.06 bits per heavy atom. The van der Waals surface area contributed by atoms with E-state index in [0.717, 1.165) is 6.08 Å². The van der Waals surface area contributed by atoms with Gasteiger partial charge in [-0.25, -0.2) is 0 Å². The fourth-order valence-corrected chi connectivity index (χ4v) is 0.901. The molecule has 0 unspecified atom stereocenters. The van der Waals surface area contributed by atoms with E-state index in [1.54, 1.807) is 0 Å². The fraction of sp³-hybridized carbons (Fsp3) is 0.750. The second kappa shape index (κ2) is 5.05. The Bertz CT molecular complexity index is 218. The van der Waals surface area contributed by atoms with Crippen LogP contribution in [-0.2, 0) is 9.47 Å². The highest BCUT2D eigenvalue weighted by atomic mass is 19.4. The molecule has 0 saturated heterocycles. The molecule has 0 bridgehead atoms. The van der Waals surface area contributed by atoms with E-state index in [2.05, 4.69) is 16.1 Å². The zero-order chi connectivity index (χ0) is 13.0. The van der Waals surface area contributed by atoms with Crippen LogP contribution in [0.3, 0.4) is 0 Å². The van der Waals surface area contributed by atoms with Gasteiger partial charge in [-0.05, 0) is 6.42 Å². The van der Waals surface area contributed by atoms with Gasteiger partial charge >= 0.3 is 18.1 Å². The summed E-state index contributed by atoms with van der Waals surface area (Å²) in [5.74, 6) is -4.58. The fourth-order valence-electron chi connectivity index (χ4n) is 0.901. The van der Waals surface area contributed by atoms with Crippen LogP contribution in [0.25, 0.3) is 0 Å². The van der Waals surface area contributed by atoms with E-state index in [-0.39, 0.29) is 13.5 Å². The first-order chi connectivity index (χ1) is 7.12. The van der Waals surface area contributed by atoms with Gasteiger partial charge in [-0.1, -0.05) is 6.08 Å². The Morgan fingerprint density at radius 3 is 1.75 bits per heavy atom. The molecule has 0 atom stereocenters. The highest BCUT2D eigenvalue weighted by Gasteiger charge is 2.74. The van der Waals surface area contributed by atoms with Crippen LogP contribution < -0.4 is 0 Å². The molecule has 16 heavy (non-hydrogen) atoms. The molecule has 2 nitrogen and oxygen atoms in total. The average Bonchev–Trinajstić information content (AvgIpc) is 2.08. The number of alkyl halides is 6. The first-order valence-electron chi connectivity index (χ1n) is 4.06. The van der Waals surface area contributed by atoms with Gasteiger partial charge in [-0.2, -0.15) is 26.3 Å². The standard InChI is InChI=1S/C8H10F6O2/c1-3-4-5-16-6(15-2,7(9,10)11)8(12,13)14/h3H,1,4-5H2,2H3. The summed E-state index contributed by atoms with van der Waals surface area (Å²) in [4.78, 5) is 0. The summed E-state index contributed by atoms with van der Waals surface area (Å²) in [6.45, 7) is 2.35. The Hall–Kier alpha value is -0.760. The summed E-state index contributed by atoms with van der Waals surface area (Å²) < 4.78 is 81.1. The number of rotatable bonds is 5. The van der Waals surface area contributed by atoms with Crippen LogP contribution in [0.1, 0.15) is 6.42 Å². The first kappa shape index (κ1) is 15.2. The first-order valence-corrected chi connectivity index (χ1v) is 4.06. The van der Waals surface area contributed by atoms with E-state index in [4.69, 9.17) is 0 Å². The van der Waals surface area contributed by atoms with Crippen molar-refractivity contribution in [1.29, 1.82) is 0 Å². The molecule has 0 amide bonds. The summed E-state index contributed by atoms with van der Waals surface area (Å²) in [5, 5.41) is 0. The van der Waals surface area contributed by atoms with Gasteiger partial charge in [-0.15, -0.1) is 6.58 Å². The summed E-state index contributed by atoms with van der Waals surface area (Å²) >= 11 is 0. The highest BCUT2D eigenvalue weighted by molar-refractivity contribution is 4.87. The quantitative estimate of drug-likeness (QED) is 0.324. The van der Waals surface area contributed by atoms with E-state index >= 15 is 0 Å². The third kappa shape index (κ3) is 2.88. The number of methoxy groups -OCH3 is 1. The van der Waals surface area contributed by atoms with Crippen molar-refractivity contribution in [3.8, 4) is 0 Å². The summed E-state index contributed by atoms with van der Waals surface area (Å²) in [5.41, 5.74) is 0. The van der Waals surface area contributed by atoms with E-state index in [1.165, 1.54) is 0 Å². The lowest BCUT2D eigenvalue weighted by Gasteiger charge is -2.35. The van der Waals surface area contributed by atoms with Crippen molar-refractivity contribution in [3.05, 3.63) is 12.7 Å². The minimum absolute atomic E-state index is 0.155. The van der Waals surface area contributed by atoms with Gasteiger partial charge in [0.15, 0.2) is 0 Å². The van der Waals surface area contributed by atoms with Gasteiger partial charge in [-0.3, -0.25) is 0 Å². The van der Waals surface area contributed by atoms with Crippen molar-refractivity contribution >= 4 is 0 Å². The predicted octanol–water partition coefficient (Wildman–Crippen LogP) is 3.05. The Balaban J connectivity index is 5.07. The second-order valence-electron chi connectivity index (χ2n) is 2.74. The van der Waals surface area contributed by atoms with Gasteiger partial charge in [0, 0.05) is 7.11 Å². The predicted molar refractivity (Wildman–Crippen MR) is 42.6 cm³/mol. The maximum atomic E-state index is 12.3. The molecule has 0 heterocycles. The molecule has 0 spiro atoms. The van der Waals surface area contributed by atoms with E-state index in [0.29, 0.717) is 0 Å². The van der Waals surface area contributed by atoms with Crippen molar-refractivity contribution in [1.82, 2.24) is 0 Å². The summed E-state index contributed by atoms with van der Waals surface area (Å²) in [6.07, 6.45) is -10.4. The van der Waals surface area contributed by atoms with E-state index < -0.39 is 24.7 Å². The molecule has 0 aliphatic carbocycles. The minimum atomic E-state index is -5.71. The summed E-state index contributed by atoms with van der Waals surface area (Å²) in [7, 11) is 0.287. The van der Waals surface area contributed by atoms with Crippen molar-refractivity contribution in [3.63, 3.8) is 0 Å². The molecule has 0 aliphatic rings. The van der Waals surface area contributed by atoms with Crippen LogP contribution in [0.4, 0.5) is 26.3 Å². The van der Waals surface area contributed by atoms with Crippen LogP contribution in [0.5, 0.6) is 0 Å². The van der Waals surface area contributed by atoms with Gasteiger partial charge in [0.2, 0.25) is 0 Å². The van der Waals surface area contributed by atoms with Gasteiger partial charge in [0.1, 0.15) is 0 Å². The molecule has 0 aromatic heterocycles. The molecule has 0 saturated carbocycles. The molecule has 0 fully saturated rings. The largest absolute Gasteiger partial charge is 0.453 e. The van der Waals surface area contributed by atoms with Crippen LogP contribution in [-0.4, -0.2) is 31.9 Å². The molecule has 0 aromatic rings. The lowest BCUT2D eigenvalue weighted by molar-refractivity contribution is -0.463. The number of ether oxygens (including phenoxy) is 2. The molecule has 8 heteroatoms. The number of hydrogen-bond donors (Lipinski definition) is 0. The molecule has 0 aromatic carbocycles. The molecular formula is C8H10F6O2. The Kier molecular flexibility index (Phi) is 4.81. The van der Waals surface area contributed by atoms with Crippen molar-refractivity contribution in [2.75, 3.05) is 13.7 Å². The monoisotopic (exact) mass is 252 g/mol. The van der Waals surface area contributed by atoms with E-state index in [1.807, 2.05) is 0 Å². The lowest BCUT2D eigenvalue weighted by Crippen LogP contribution is -2.60. The maximum Gasteiger partial charge on any atom is 0.453 e. The third-order valence-electron chi connectivity index (χ3n) is 1.66. The third-order valence-corrected chi connectivity index (χ3v) is 1.66. The van der Waals surface area contributed by atoms with Gasteiger partial charge < -0.3 is 9.47 Å². The van der Waals surface area contributed by atoms with E-state index in [9.17, 15) is 26.3 Å². The van der Waals surface area contributed by atoms with Crippen molar-refractivity contribution < 1.29 is 35.8 Å². The molecule has 0 radical (unpaired) electrons. The summed E-state index contributed by atoms with van der Waals surface area (Å²) in [6, 6.07) is 0. The number of halogens is 6. The molecule has 0 aliphatic heterocycles.